The van der Waals surface area contributed by atoms with Crippen LogP contribution in [0.1, 0.15) is 5.56 Å². The van der Waals surface area contributed by atoms with Crippen LogP contribution in [0, 0.1) is 0 Å². The Labute approximate surface area is 103 Å². The van der Waals surface area contributed by atoms with Gasteiger partial charge in [-0.25, -0.2) is 0 Å². The highest BCUT2D eigenvalue weighted by molar-refractivity contribution is 8.12. The zero-order valence-corrected chi connectivity index (χ0v) is 10.1. The van der Waals surface area contributed by atoms with Crippen molar-refractivity contribution in [2.45, 2.75) is 0 Å². The van der Waals surface area contributed by atoms with Gasteiger partial charge in [-0.05, 0) is 0 Å². The molecule has 0 aromatic carbocycles. The molecule has 0 bridgehead atoms. The maximum atomic E-state index is 11.2. The molecule has 0 fully saturated rings. The number of hydrogen-bond acceptors (Lipinski definition) is 4. The topological polar surface area (TPSA) is 72.9 Å². The molecule has 5 nitrogen and oxygen atoms in total. The number of thioether (sulfide) groups is 1. The second kappa shape index (κ2) is 4.50. The molecule has 2 heterocycles. The van der Waals surface area contributed by atoms with Gasteiger partial charge >= 0.3 is 0 Å². The predicted molar refractivity (Wildman–Crippen MR) is 68.3 cm³/mol. The lowest BCUT2D eigenvalue weighted by Crippen LogP contribution is -2.16. The zero-order chi connectivity index (χ0) is 12.4. The van der Waals surface area contributed by atoms with E-state index in [9.17, 15) is 4.79 Å². The number of hydrogen-bond donors (Lipinski definition) is 2. The van der Waals surface area contributed by atoms with Crippen molar-refractivity contribution in [2.75, 3.05) is 0 Å². The molecule has 0 saturated heterocycles. The number of aromatic nitrogens is 2. The number of nitrogens with two attached hydrogens (primary N) is 1. The minimum atomic E-state index is -0.490. The molecule has 0 radical (unpaired) electrons. The minimum absolute atomic E-state index is 0.394. The summed E-state index contributed by atoms with van der Waals surface area (Å²) in [6.07, 6.45) is 6.95. The number of primary amides is 1. The monoisotopic (exact) mass is 248 g/mol. The van der Waals surface area contributed by atoms with Gasteiger partial charge in [0.15, 0.2) is 0 Å². The van der Waals surface area contributed by atoms with Crippen LogP contribution >= 0.6 is 11.8 Å². The number of nitrogens with zero attached hydrogens (tertiary/aromatic N) is 2. The number of aryl methyl sites for hydroxylation is 1. The Bertz CT molecular complexity index is 541. The van der Waals surface area contributed by atoms with Gasteiger partial charge in [0.1, 0.15) is 0 Å². The number of carbonyl (C=O) groups is 1. The fourth-order valence-electron chi connectivity index (χ4n) is 1.43. The summed E-state index contributed by atoms with van der Waals surface area (Å²) in [5, 5.41) is 7.81. The Morgan fingerprint density at radius 2 is 2.47 bits per heavy atom. The van der Waals surface area contributed by atoms with Crippen LogP contribution in [0.4, 0.5) is 0 Å². The molecule has 3 N–H and O–H groups in total. The van der Waals surface area contributed by atoms with Crippen molar-refractivity contribution < 1.29 is 4.79 Å². The van der Waals surface area contributed by atoms with Crippen LogP contribution in [0.5, 0.6) is 0 Å². The van der Waals surface area contributed by atoms with E-state index in [0.29, 0.717) is 10.6 Å². The Hall–Kier alpha value is -1.95. The first-order valence-electron chi connectivity index (χ1n) is 4.92. The number of rotatable bonds is 3. The second-order valence-electron chi connectivity index (χ2n) is 3.47. The van der Waals surface area contributed by atoms with E-state index in [-0.39, 0.29) is 0 Å². The van der Waals surface area contributed by atoms with E-state index in [0.717, 1.165) is 10.5 Å². The maximum Gasteiger partial charge on any atom is 0.251 e. The van der Waals surface area contributed by atoms with Crippen LogP contribution in [0.2, 0.25) is 0 Å². The summed E-state index contributed by atoms with van der Waals surface area (Å²) in [6, 6.07) is 0. The first kappa shape index (κ1) is 11.5. The van der Waals surface area contributed by atoms with Crippen LogP contribution in [0.3, 0.4) is 0 Å². The molecular formula is C11H12N4OS. The lowest BCUT2D eigenvalue weighted by Gasteiger charge is -2.02. The summed E-state index contributed by atoms with van der Waals surface area (Å²) in [5.41, 5.74) is 6.64. The molecule has 1 aromatic rings. The molecule has 0 aliphatic carbocycles. The fourth-order valence-corrected chi connectivity index (χ4v) is 2.40. The van der Waals surface area contributed by atoms with Gasteiger partial charge < -0.3 is 11.1 Å². The van der Waals surface area contributed by atoms with Gasteiger partial charge in [0.2, 0.25) is 0 Å². The molecule has 6 heteroatoms. The number of carbonyl (C=O) groups excluding carboxylic acids is 1. The largest absolute Gasteiger partial charge is 0.366 e. The third-order valence-corrected chi connectivity index (χ3v) is 3.37. The first-order chi connectivity index (χ1) is 8.11. The second-order valence-corrected chi connectivity index (χ2v) is 4.52. The Balaban J connectivity index is 2.24. The average Bonchev–Trinajstić information content (AvgIpc) is 2.87. The van der Waals surface area contributed by atoms with Crippen molar-refractivity contribution in [2.24, 2.45) is 12.8 Å². The van der Waals surface area contributed by atoms with Crippen molar-refractivity contribution in [1.29, 1.82) is 0 Å². The molecule has 88 valence electrons. The molecule has 1 aromatic heterocycles. The fraction of sp³-hybridized carbons (Fsp3) is 0.0909. The van der Waals surface area contributed by atoms with Crippen LogP contribution in [0.25, 0.3) is 4.91 Å². The van der Waals surface area contributed by atoms with Gasteiger partial charge in [-0.3, -0.25) is 9.48 Å². The van der Waals surface area contributed by atoms with E-state index in [1.165, 1.54) is 17.8 Å². The summed E-state index contributed by atoms with van der Waals surface area (Å²) < 4.78 is 1.72. The standard InChI is InChI=1S/C11H12N4OS/c1-3-8(10(12)16)11-13-5-9(17-11)7-4-14-15(2)6-7/h3-6,13H,1H2,2H3,(H2,12,16)/b11-8-. The summed E-state index contributed by atoms with van der Waals surface area (Å²) in [6.45, 7) is 3.58. The number of nitrogens with one attached hydrogen (secondary N) is 1. The van der Waals surface area contributed by atoms with Gasteiger partial charge in [-0.1, -0.05) is 24.4 Å². The highest BCUT2D eigenvalue weighted by Gasteiger charge is 2.18. The Morgan fingerprint density at radius 1 is 1.71 bits per heavy atom. The van der Waals surface area contributed by atoms with E-state index in [1.54, 1.807) is 10.9 Å². The number of amides is 1. The minimum Gasteiger partial charge on any atom is -0.366 e. The van der Waals surface area contributed by atoms with Gasteiger partial charge in [0.05, 0.1) is 16.8 Å². The normalized spacial score (nSPS) is 17.4. The Kier molecular flexibility index (Phi) is 3.06. The molecule has 0 atom stereocenters. The zero-order valence-electron chi connectivity index (χ0n) is 9.30. The molecule has 0 saturated carbocycles. The molecule has 1 aliphatic heterocycles. The molecule has 1 aliphatic rings. The lowest BCUT2D eigenvalue weighted by molar-refractivity contribution is -0.114. The van der Waals surface area contributed by atoms with Gasteiger partial charge in [0.25, 0.3) is 5.91 Å². The third-order valence-electron chi connectivity index (χ3n) is 2.25. The van der Waals surface area contributed by atoms with E-state index in [2.05, 4.69) is 17.0 Å². The van der Waals surface area contributed by atoms with Gasteiger partial charge in [-0.15, -0.1) is 0 Å². The third kappa shape index (κ3) is 2.26. The van der Waals surface area contributed by atoms with E-state index in [4.69, 9.17) is 5.73 Å². The van der Waals surface area contributed by atoms with E-state index < -0.39 is 5.91 Å². The average molecular weight is 248 g/mol. The molecular weight excluding hydrogens is 236 g/mol. The summed E-state index contributed by atoms with van der Waals surface area (Å²) >= 11 is 1.44. The Morgan fingerprint density at radius 3 is 3.00 bits per heavy atom. The maximum absolute atomic E-state index is 11.2. The van der Waals surface area contributed by atoms with Gasteiger partial charge in [0, 0.05) is 29.9 Å². The van der Waals surface area contributed by atoms with Crippen LogP contribution in [-0.4, -0.2) is 15.7 Å². The van der Waals surface area contributed by atoms with Crippen LogP contribution < -0.4 is 11.1 Å². The van der Waals surface area contributed by atoms with Crippen molar-refractivity contribution in [3.8, 4) is 0 Å². The van der Waals surface area contributed by atoms with Crippen molar-refractivity contribution >= 4 is 22.6 Å². The molecule has 2 rings (SSSR count). The van der Waals surface area contributed by atoms with Gasteiger partial charge in [-0.2, -0.15) is 5.10 Å². The van der Waals surface area contributed by atoms with E-state index in [1.807, 2.05) is 19.4 Å². The SMILES string of the molecule is C=C/C(C(N)=O)=C1\NC=C(c2cnn(C)c2)S1. The highest BCUT2D eigenvalue weighted by atomic mass is 32.2. The molecule has 17 heavy (non-hydrogen) atoms. The molecule has 0 spiro atoms. The summed E-state index contributed by atoms with van der Waals surface area (Å²) in [7, 11) is 1.85. The van der Waals surface area contributed by atoms with E-state index >= 15 is 0 Å². The summed E-state index contributed by atoms with van der Waals surface area (Å²) in [4.78, 5) is 12.2. The quantitative estimate of drug-likeness (QED) is 0.781. The highest BCUT2D eigenvalue weighted by Crippen LogP contribution is 2.37. The van der Waals surface area contributed by atoms with Crippen LogP contribution in [0.15, 0.2) is 41.9 Å². The first-order valence-corrected chi connectivity index (χ1v) is 5.73. The lowest BCUT2D eigenvalue weighted by atomic mass is 10.3. The molecule has 0 unspecified atom stereocenters. The smallest absolute Gasteiger partial charge is 0.251 e. The molecule has 1 amide bonds. The van der Waals surface area contributed by atoms with Crippen LogP contribution in [-0.2, 0) is 11.8 Å². The summed E-state index contributed by atoms with van der Waals surface area (Å²) in [5.74, 6) is -0.490. The van der Waals surface area contributed by atoms with Crippen molar-refractivity contribution in [3.63, 3.8) is 0 Å². The predicted octanol–water partition coefficient (Wildman–Crippen LogP) is 0.938. The van der Waals surface area contributed by atoms with Crippen molar-refractivity contribution in [3.05, 3.63) is 47.4 Å². The van der Waals surface area contributed by atoms with Crippen molar-refractivity contribution in [1.82, 2.24) is 15.1 Å².